The molecule has 4 nitrogen and oxygen atoms in total. The van der Waals surface area contributed by atoms with E-state index in [2.05, 4.69) is 10.3 Å². The monoisotopic (exact) mass is 357 g/mol. The highest BCUT2D eigenvalue weighted by Crippen LogP contribution is 2.28. The van der Waals surface area contributed by atoms with E-state index in [9.17, 15) is 4.79 Å². The summed E-state index contributed by atoms with van der Waals surface area (Å²) in [6.07, 6.45) is 1.86. The number of carbonyl (C=O) groups is 1. The Bertz CT molecular complexity index is 811. The molecule has 1 fully saturated rings. The molecule has 0 aliphatic carbocycles. The van der Waals surface area contributed by atoms with Crippen molar-refractivity contribution >= 4 is 51.9 Å². The van der Waals surface area contributed by atoms with Gasteiger partial charge in [-0.3, -0.25) is 4.79 Å². The third kappa shape index (κ3) is 3.99. The van der Waals surface area contributed by atoms with Crippen LogP contribution in [0.2, 0.25) is 5.02 Å². The van der Waals surface area contributed by atoms with Gasteiger partial charge in [-0.05, 0) is 59.8 Å². The van der Waals surface area contributed by atoms with Crippen molar-refractivity contribution in [2.45, 2.75) is 0 Å². The summed E-state index contributed by atoms with van der Waals surface area (Å²) >= 11 is 7.19. The first kappa shape index (κ1) is 16.6. The van der Waals surface area contributed by atoms with Crippen LogP contribution in [-0.2, 0) is 4.79 Å². The van der Waals surface area contributed by atoms with Gasteiger partial charge in [0, 0.05) is 24.8 Å². The zero-order chi connectivity index (χ0) is 17.1. The van der Waals surface area contributed by atoms with E-state index < -0.39 is 0 Å². The third-order valence-electron chi connectivity index (χ3n) is 3.42. The first-order valence-corrected chi connectivity index (χ1v) is 8.53. The number of amidine groups is 1. The number of nitrogens with zero attached hydrogens (tertiary/aromatic N) is 2. The van der Waals surface area contributed by atoms with Crippen LogP contribution in [0.25, 0.3) is 6.08 Å². The summed E-state index contributed by atoms with van der Waals surface area (Å²) < 4.78 is 0. The first-order chi connectivity index (χ1) is 11.5. The molecule has 1 aliphatic rings. The maximum Gasteiger partial charge on any atom is 0.264 e. The standard InChI is InChI=1S/C18H16ClN3OS/c1-22(2)15-9-3-12(4-10-15)11-16-17(23)21-18(24-16)20-14-7-5-13(19)6-8-14/h3-11H,1-2H3,(H,20,21,23)/b16-11-. The third-order valence-corrected chi connectivity index (χ3v) is 4.58. The number of halogens is 1. The highest BCUT2D eigenvalue weighted by atomic mass is 35.5. The molecular weight excluding hydrogens is 342 g/mol. The second kappa shape index (κ2) is 7.11. The molecule has 2 aromatic carbocycles. The van der Waals surface area contributed by atoms with Crippen molar-refractivity contribution in [2.75, 3.05) is 19.0 Å². The molecule has 1 aliphatic heterocycles. The van der Waals surface area contributed by atoms with Crippen molar-refractivity contribution in [1.29, 1.82) is 0 Å². The summed E-state index contributed by atoms with van der Waals surface area (Å²) in [6, 6.07) is 15.2. The molecule has 122 valence electrons. The Balaban J connectivity index is 1.77. The number of hydrogen-bond acceptors (Lipinski definition) is 4. The minimum atomic E-state index is -0.135. The fraction of sp³-hybridized carbons (Fsp3) is 0.111. The summed E-state index contributed by atoms with van der Waals surface area (Å²) in [5.41, 5.74) is 2.84. The molecule has 1 N–H and O–H groups in total. The van der Waals surface area contributed by atoms with Gasteiger partial charge in [-0.15, -0.1) is 0 Å². The van der Waals surface area contributed by atoms with E-state index in [-0.39, 0.29) is 5.91 Å². The zero-order valence-corrected chi connectivity index (χ0v) is 14.9. The van der Waals surface area contributed by atoms with Gasteiger partial charge in [0.2, 0.25) is 0 Å². The van der Waals surface area contributed by atoms with E-state index in [0.717, 1.165) is 16.9 Å². The predicted molar refractivity (Wildman–Crippen MR) is 103 cm³/mol. The van der Waals surface area contributed by atoms with Crippen LogP contribution in [0.4, 0.5) is 11.4 Å². The number of benzene rings is 2. The number of carbonyl (C=O) groups excluding carboxylic acids is 1. The Hall–Kier alpha value is -2.24. The maximum atomic E-state index is 12.1. The number of anilines is 1. The van der Waals surface area contributed by atoms with Crippen LogP contribution in [0, 0.1) is 0 Å². The molecule has 0 unspecified atom stereocenters. The molecule has 1 amide bonds. The smallest absolute Gasteiger partial charge is 0.264 e. The summed E-state index contributed by atoms with van der Waals surface area (Å²) in [5.74, 6) is -0.135. The molecule has 3 rings (SSSR count). The van der Waals surface area contributed by atoms with E-state index in [0.29, 0.717) is 15.1 Å². The van der Waals surface area contributed by atoms with Crippen molar-refractivity contribution in [3.63, 3.8) is 0 Å². The van der Waals surface area contributed by atoms with Crippen LogP contribution in [-0.4, -0.2) is 25.2 Å². The van der Waals surface area contributed by atoms with Crippen molar-refractivity contribution in [2.24, 2.45) is 4.99 Å². The van der Waals surface area contributed by atoms with Gasteiger partial charge in [0.15, 0.2) is 5.17 Å². The SMILES string of the molecule is CN(C)c1ccc(/C=C2\SC(=Nc3ccc(Cl)cc3)NC2=O)cc1. The van der Waals surface area contributed by atoms with Crippen LogP contribution in [0.1, 0.15) is 5.56 Å². The lowest BCUT2D eigenvalue weighted by molar-refractivity contribution is -0.115. The lowest BCUT2D eigenvalue weighted by atomic mass is 10.2. The lowest BCUT2D eigenvalue weighted by Gasteiger charge is -2.11. The van der Waals surface area contributed by atoms with Crippen molar-refractivity contribution in [3.05, 3.63) is 64.0 Å². The first-order valence-electron chi connectivity index (χ1n) is 7.34. The number of rotatable bonds is 3. The molecule has 2 aromatic rings. The largest absolute Gasteiger partial charge is 0.378 e. The van der Waals surface area contributed by atoms with Crippen molar-refractivity contribution < 1.29 is 4.79 Å². The van der Waals surface area contributed by atoms with Crippen molar-refractivity contribution in [3.8, 4) is 0 Å². The second-order valence-corrected chi connectivity index (χ2v) is 6.91. The fourth-order valence-corrected chi connectivity index (χ4v) is 3.10. The number of aliphatic imine (C=N–C) groups is 1. The van der Waals surface area contributed by atoms with Crippen LogP contribution >= 0.6 is 23.4 Å². The van der Waals surface area contributed by atoms with E-state index in [4.69, 9.17) is 11.6 Å². The van der Waals surface area contributed by atoms with E-state index in [1.165, 1.54) is 11.8 Å². The summed E-state index contributed by atoms with van der Waals surface area (Å²) in [4.78, 5) is 19.2. The molecule has 0 spiro atoms. The zero-order valence-electron chi connectivity index (χ0n) is 13.3. The Kier molecular flexibility index (Phi) is 4.92. The number of amides is 1. The topological polar surface area (TPSA) is 44.7 Å². The lowest BCUT2D eigenvalue weighted by Crippen LogP contribution is -2.19. The Labute approximate surface area is 150 Å². The minimum Gasteiger partial charge on any atom is -0.378 e. The number of hydrogen-bond donors (Lipinski definition) is 1. The van der Waals surface area contributed by atoms with Gasteiger partial charge in [-0.25, -0.2) is 4.99 Å². The average Bonchev–Trinajstić information content (AvgIpc) is 2.89. The van der Waals surface area contributed by atoms with Gasteiger partial charge in [0.25, 0.3) is 5.91 Å². The highest BCUT2D eigenvalue weighted by Gasteiger charge is 2.23. The van der Waals surface area contributed by atoms with Gasteiger partial charge in [-0.2, -0.15) is 0 Å². The highest BCUT2D eigenvalue weighted by molar-refractivity contribution is 8.18. The molecule has 0 aromatic heterocycles. The van der Waals surface area contributed by atoms with E-state index >= 15 is 0 Å². The predicted octanol–water partition coefficient (Wildman–Crippen LogP) is 4.30. The molecule has 1 saturated heterocycles. The number of thioether (sulfide) groups is 1. The minimum absolute atomic E-state index is 0.135. The van der Waals surface area contributed by atoms with Crippen LogP contribution in [0.3, 0.4) is 0 Å². The summed E-state index contributed by atoms with van der Waals surface area (Å²) in [7, 11) is 3.99. The normalized spacial score (nSPS) is 17.4. The quantitative estimate of drug-likeness (QED) is 0.833. The molecule has 24 heavy (non-hydrogen) atoms. The average molecular weight is 358 g/mol. The molecule has 0 atom stereocenters. The van der Waals surface area contributed by atoms with E-state index in [1.54, 1.807) is 12.1 Å². The van der Waals surface area contributed by atoms with Gasteiger partial charge >= 0.3 is 0 Å². The van der Waals surface area contributed by atoms with Gasteiger partial charge in [0.1, 0.15) is 0 Å². The van der Waals surface area contributed by atoms with Gasteiger partial charge in [0.05, 0.1) is 10.6 Å². The Morgan fingerprint density at radius 1 is 1.08 bits per heavy atom. The van der Waals surface area contributed by atoms with Gasteiger partial charge in [-0.1, -0.05) is 23.7 Å². The summed E-state index contributed by atoms with van der Waals surface area (Å²) in [5, 5.41) is 4.01. The molecule has 0 saturated carbocycles. The van der Waals surface area contributed by atoms with Crippen LogP contribution in [0.15, 0.2) is 58.4 Å². The Morgan fingerprint density at radius 3 is 2.38 bits per heavy atom. The van der Waals surface area contributed by atoms with Gasteiger partial charge < -0.3 is 10.2 Å². The molecule has 1 heterocycles. The molecular formula is C18H16ClN3OS. The number of nitrogens with one attached hydrogen (secondary N) is 1. The molecule has 0 radical (unpaired) electrons. The molecule has 6 heteroatoms. The van der Waals surface area contributed by atoms with Crippen LogP contribution in [0.5, 0.6) is 0 Å². The summed E-state index contributed by atoms with van der Waals surface area (Å²) in [6.45, 7) is 0. The van der Waals surface area contributed by atoms with Crippen molar-refractivity contribution in [1.82, 2.24) is 5.32 Å². The second-order valence-electron chi connectivity index (χ2n) is 5.44. The van der Waals surface area contributed by atoms with E-state index in [1.807, 2.05) is 61.5 Å². The molecule has 0 bridgehead atoms. The maximum absolute atomic E-state index is 12.1. The van der Waals surface area contributed by atoms with Crippen LogP contribution < -0.4 is 10.2 Å². The fourth-order valence-electron chi connectivity index (χ4n) is 2.13. The Morgan fingerprint density at radius 2 is 1.75 bits per heavy atom.